The third-order valence-electron chi connectivity index (χ3n) is 7.40. The molecule has 0 aromatic heterocycles. The van der Waals surface area contributed by atoms with Crippen molar-refractivity contribution in [2.45, 2.75) is 76.7 Å². The number of benzene rings is 2. The molecule has 0 aliphatic carbocycles. The molecule has 202 valence electrons. The molecule has 2 aromatic rings. The first kappa shape index (κ1) is 26.5. The number of likely N-dealkylation sites (N-methyl/N-ethyl adjacent to an activating group) is 1. The van der Waals surface area contributed by atoms with Gasteiger partial charge in [0.05, 0.1) is 17.0 Å². The molecule has 3 amide bonds. The Hall–Kier alpha value is -3.07. The van der Waals surface area contributed by atoms with Crippen LogP contribution >= 0.6 is 15.9 Å². The highest BCUT2D eigenvalue weighted by atomic mass is 79.9. The molecule has 0 N–H and O–H groups in total. The second-order valence-electron chi connectivity index (χ2n) is 12.2. The summed E-state index contributed by atoms with van der Waals surface area (Å²) >= 11 is 3.77. The molecule has 0 saturated carbocycles. The number of hydrogen-bond donors (Lipinski definition) is 0. The lowest BCUT2D eigenvalue weighted by Crippen LogP contribution is -2.68. The smallest absolute Gasteiger partial charge is 0.417 e. The molecule has 3 heterocycles. The van der Waals surface area contributed by atoms with E-state index in [1.165, 1.54) is 4.90 Å². The van der Waals surface area contributed by atoms with Crippen molar-refractivity contribution in [1.29, 1.82) is 0 Å². The zero-order chi connectivity index (χ0) is 27.8. The van der Waals surface area contributed by atoms with Gasteiger partial charge in [0, 0.05) is 29.3 Å². The van der Waals surface area contributed by atoms with E-state index in [0.717, 1.165) is 15.7 Å². The minimum Gasteiger partial charge on any atom is -0.443 e. The van der Waals surface area contributed by atoms with Crippen molar-refractivity contribution < 1.29 is 23.9 Å². The fourth-order valence-electron chi connectivity index (χ4n) is 6.25. The average molecular weight is 585 g/mol. The first-order valence-electron chi connectivity index (χ1n) is 12.8. The lowest BCUT2D eigenvalue weighted by atomic mass is 9.60. The third-order valence-corrected chi connectivity index (χ3v) is 8.06. The molecule has 5 rings (SSSR count). The molecule has 3 atom stereocenters. The van der Waals surface area contributed by atoms with Gasteiger partial charge in [-0.3, -0.25) is 9.69 Å². The van der Waals surface area contributed by atoms with E-state index in [2.05, 4.69) is 20.8 Å². The van der Waals surface area contributed by atoms with Gasteiger partial charge in [-0.15, -0.1) is 0 Å². The highest BCUT2D eigenvalue weighted by Crippen LogP contribution is 2.63. The van der Waals surface area contributed by atoms with E-state index < -0.39 is 40.9 Å². The summed E-state index contributed by atoms with van der Waals surface area (Å²) < 4.78 is 12.4. The van der Waals surface area contributed by atoms with Gasteiger partial charge in [-0.1, -0.05) is 40.2 Å². The summed E-state index contributed by atoms with van der Waals surface area (Å²) in [4.78, 5) is 46.4. The second-order valence-corrected chi connectivity index (χ2v) is 13.1. The van der Waals surface area contributed by atoms with Crippen LogP contribution in [0.2, 0.25) is 0 Å². The molecule has 0 radical (unpaired) electrons. The summed E-state index contributed by atoms with van der Waals surface area (Å²) in [6.07, 6.45) is -1.23. The fourth-order valence-corrected chi connectivity index (χ4v) is 6.98. The molecule has 9 heteroatoms. The maximum absolute atomic E-state index is 14.4. The molecule has 0 bridgehead atoms. The first-order valence-corrected chi connectivity index (χ1v) is 13.6. The van der Waals surface area contributed by atoms with Crippen LogP contribution in [0.1, 0.15) is 65.0 Å². The van der Waals surface area contributed by atoms with E-state index in [4.69, 9.17) is 9.47 Å². The maximum atomic E-state index is 14.4. The van der Waals surface area contributed by atoms with E-state index in [0.29, 0.717) is 17.7 Å². The van der Waals surface area contributed by atoms with Gasteiger partial charge < -0.3 is 14.4 Å². The van der Waals surface area contributed by atoms with Crippen LogP contribution in [0.4, 0.5) is 21.0 Å². The average Bonchev–Trinajstić information content (AvgIpc) is 3.04. The van der Waals surface area contributed by atoms with Crippen molar-refractivity contribution in [2.75, 3.05) is 23.4 Å². The predicted molar refractivity (Wildman–Crippen MR) is 148 cm³/mol. The number of nitrogens with zero attached hydrogens (tertiary/aromatic N) is 3. The third kappa shape index (κ3) is 3.97. The number of hydrogen-bond acceptors (Lipinski definition) is 6. The Labute approximate surface area is 232 Å². The maximum Gasteiger partial charge on any atom is 0.417 e. The van der Waals surface area contributed by atoms with Crippen LogP contribution in [-0.4, -0.2) is 54.0 Å². The normalized spacial score (nSPS) is 24.3. The number of carbonyl (C=O) groups excluding carboxylic acids is 3. The van der Waals surface area contributed by atoms with Crippen LogP contribution in [0.15, 0.2) is 46.9 Å². The molecule has 1 spiro atoms. The summed E-state index contributed by atoms with van der Waals surface area (Å²) in [6.45, 7) is 11.0. The highest BCUT2D eigenvalue weighted by Gasteiger charge is 2.67. The van der Waals surface area contributed by atoms with Gasteiger partial charge in [-0.05, 0) is 71.7 Å². The molecular weight excluding hydrogens is 550 g/mol. The molecule has 38 heavy (non-hydrogen) atoms. The van der Waals surface area contributed by atoms with E-state index in [1.807, 2.05) is 70.3 Å². The van der Waals surface area contributed by atoms with Gasteiger partial charge >= 0.3 is 12.2 Å². The predicted octanol–water partition coefficient (Wildman–Crippen LogP) is 6.17. The van der Waals surface area contributed by atoms with Crippen molar-refractivity contribution >= 4 is 45.4 Å². The summed E-state index contributed by atoms with van der Waals surface area (Å²) in [5.41, 5.74) is 0.886. The van der Waals surface area contributed by atoms with E-state index >= 15 is 0 Å². The number of anilines is 2. The molecular formula is C29H34BrN3O5. The van der Waals surface area contributed by atoms with Crippen LogP contribution in [0, 0.1) is 0 Å². The van der Waals surface area contributed by atoms with Crippen LogP contribution in [0.25, 0.3) is 0 Å². The molecule has 1 saturated heterocycles. The Morgan fingerprint density at radius 3 is 2.18 bits per heavy atom. The number of imide groups is 1. The molecule has 2 aromatic carbocycles. The Morgan fingerprint density at radius 1 is 0.921 bits per heavy atom. The topological polar surface area (TPSA) is 79.4 Å². The number of piperidine rings is 1. The second kappa shape index (κ2) is 8.73. The molecule has 1 fully saturated rings. The Balaban J connectivity index is 1.75. The highest BCUT2D eigenvalue weighted by molar-refractivity contribution is 9.10. The Bertz CT molecular complexity index is 1330. The van der Waals surface area contributed by atoms with Crippen molar-refractivity contribution in [3.63, 3.8) is 0 Å². The van der Waals surface area contributed by atoms with Crippen LogP contribution < -0.4 is 9.80 Å². The minimum atomic E-state index is -0.828. The van der Waals surface area contributed by atoms with Gasteiger partial charge in [0.25, 0.3) is 0 Å². The number of rotatable bonds is 0. The minimum absolute atomic E-state index is 0.166. The summed E-state index contributed by atoms with van der Waals surface area (Å²) in [5, 5.41) is 0. The fraction of sp³-hybridized carbons (Fsp3) is 0.483. The van der Waals surface area contributed by atoms with Crippen molar-refractivity contribution in [2.24, 2.45) is 0 Å². The zero-order valence-electron chi connectivity index (χ0n) is 22.9. The van der Waals surface area contributed by atoms with Crippen LogP contribution in [0.3, 0.4) is 0 Å². The first-order chi connectivity index (χ1) is 17.7. The molecule has 3 aliphatic rings. The number of ether oxygens (including phenoxy) is 2. The van der Waals surface area contributed by atoms with Gasteiger partial charge in [0.15, 0.2) is 0 Å². The number of likely N-dealkylation sites (tertiary alicyclic amines) is 1. The van der Waals surface area contributed by atoms with E-state index in [-0.39, 0.29) is 12.5 Å². The standard InChI is InChI=1S/C29H34BrN3O5/c1-27(2,3)37-25(35)32-16-15-29-21(23(32)34)17-11-8-9-13-19(17)33(26(36)38-28(4,5)6)24(29)31(7)20-14-10-12-18(30)22(20)29/h8-14,21,24H,15-16H2,1-7H3/t21-,24+,29+/m1/s1. The lowest BCUT2D eigenvalue weighted by molar-refractivity contribution is -0.138. The summed E-state index contributed by atoms with van der Waals surface area (Å²) in [5.74, 6) is -1.05. The molecule has 3 aliphatic heterocycles. The molecule has 8 nitrogen and oxygen atoms in total. The number of fused-ring (bicyclic) bond motifs is 3. The van der Waals surface area contributed by atoms with Gasteiger partial charge in [0.2, 0.25) is 5.91 Å². The number of halogens is 1. The number of carbonyl (C=O) groups is 3. The summed E-state index contributed by atoms with van der Waals surface area (Å²) in [7, 11) is 1.94. The van der Waals surface area contributed by atoms with Gasteiger partial charge in [0.1, 0.15) is 17.4 Å². The van der Waals surface area contributed by atoms with Crippen molar-refractivity contribution in [3.05, 3.63) is 58.1 Å². The monoisotopic (exact) mass is 583 g/mol. The van der Waals surface area contributed by atoms with Gasteiger partial charge in [-0.25, -0.2) is 14.5 Å². The van der Waals surface area contributed by atoms with Crippen LogP contribution in [-0.2, 0) is 19.7 Å². The summed E-state index contributed by atoms with van der Waals surface area (Å²) in [6, 6.07) is 13.3. The Kier molecular flexibility index (Phi) is 6.09. The van der Waals surface area contributed by atoms with E-state index in [9.17, 15) is 14.4 Å². The van der Waals surface area contributed by atoms with E-state index in [1.54, 1.807) is 25.7 Å². The Morgan fingerprint density at radius 2 is 1.53 bits per heavy atom. The quantitative estimate of drug-likeness (QED) is 0.369. The van der Waals surface area contributed by atoms with Gasteiger partial charge in [-0.2, -0.15) is 0 Å². The molecule has 0 unspecified atom stereocenters. The van der Waals surface area contributed by atoms with Crippen LogP contribution in [0.5, 0.6) is 0 Å². The zero-order valence-corrected chi connectivity index (χ0v) is 24.5. The largest absolute Gasteiger partial charge is 0.443 e. The lowest BCUT2D eigenvalue weighted by Gasteiger charge is -2.55. The van der Waals surface area contributed by atoms with Crippen molar-refractivity contribution in [1.82, 2.24) is 4.90 Å². The van der Waals surface area contributed by atoms with Crippen molar-refractivity contribution in [3.8, 4) is 0 Å². The SMILES string of the molecule is CN1c2cccc(Br)c2[C@]23CCN(C(=O)OC(C)(C)C)C(=O)[C@H]2c2ccccc2N(C(=O)OC(C)(C)C)[C@H]13. The number of amides is 3. The number of para-hydroxylation sites is 1.